The fourth-order valence-corrected chi connectivity index (χ4v) is 3.99. The summed E-state index contributed by atoms with van der Waals surface area (Å²) in [5.74, 6) is 0.967. The van der Waals surface area contributed by atoms with Gasteiger partial charge < -0.3 is 15.3 Å². The fraction of sp³-hybridized carbons (Fsp3) is 0.381. The third-order valence-electron chi connectivity index (χ3n) is 5.20. The van der Waals surface area contributed by atoms with Crippen LogP contribution in [0.5, 0.6) is 5.75 Å². The maximum absolute atomic E-state index is 10.5. The molecule has 0 amide bonds. The molecule has 0 bridgehead atoms. The molecule has 1 saturated heterocycles. The molecule has 1 fully saturated rings. The van der Waals surface area contributed by atoms with Gasteiger partial charge in [-0.25, -0.2) is 0 Å². The largest absolute Gasteiger partial charge is 0.507 e. The number of likely N-dealkylation sites (N-methyl/N-ethyl adjacent to an activating group) is 1. The maximum Gasteiger partial charge on any atom is 0.158 e. The number of aromatic nitrogens is 3. The van der Waals surface area contributed by atoms with E-state index >= 15 is 0 Å². The molecule has 6 heteroatoms. The van der Waals surface area contributed by atoms with E-state index in [9.17, 15) is 5.11 Å². The number of rotatable bonds is 3. The molecule has 4 rings (SSSR count). The summed E-state index contributed by atoms with van der Waals surface area (Å²) in [5, 5.41) is 23.9. The summed E-state index contributed by atoms with van der Waals surface area (Å²) < 4.78 is 0. The van der Waals surface area contributed by atoms with Gasteiger partial charge in [0.25, 0.3) is 0 Å². The Morgan fingerprint density at radius 3 is 2.85 bits per heavy atom. The number of benzene rings is 1. The van der Waals surface area contributed by atoms with Crippen LogP contribution in [-0.4, -0.2) is 51.4 Å². The van der Waals surface area contributed by atoms with Crippen molar-refractivity contribution in [3.8, 4) is 17.0 Å². The lowest BCUT2D eigenvalue weighted by Gasteiger charge is -2.30. The SMILES string of the molecule is Cc1cc(C)c(-c2nnc(NC3CCCN(C)C3)c3cccnc23)c(O)c1. The molecule has 0 aliphatic carbocycles. The van der Waals surface area contributed by atoms with E-state index in [1.54, 1.807) is 12.3 Å². The van der Waals surface area contributed by atoms with Gasteiger partial charge in [0.15, 0.2) is 5.82 Å². The molecular weight excluding hydrogens is 338 g/mol. The van der Waals surface area contributed by atoms with Gasteiger partial charge in [-0.05, 0) is 69.6 Å². The van der Waals surface area contributed by atoms with Gasteiger partial charge in [0.2, 0.25) is 0 Å². The summed E-state index contributed by atoms with van der Waals surface area (Å²) in [6.07, 6.45) is 4.05. The second-order valence-corrected chi connectivity index (χ2v) is 7.52. The Bertz CT molecular complexity index is 964. The van der Waals surface area contributed by atoms with Crippen molar-refractivity contribution >= 4 is 16.7 Å². The number of fused-ring (bicyclic) bond motifs is 1. The molecule has 2 N–H and O–H groups in total. The van der Waals surface area contributed by atoms with Gasteiger partial charge in [0.05, 0.1) is 0 Å². The summed E-state index contributed by atoms with van der Waals surface area (Å²) in [5.41, 5.74) is 4.04. The Morgan fingerprint density at radius 1 is 1.22 bits per heavy atom. The maximum atomic E-state index is 10.5. The van der Waals surface area contributed by atoms with Crippen molar-refractivity contribution in [3.63, 3.8) is 0 Å². The third-order valence-corrected chi connectivity index (χ3v) is 5.20. The molecule has 6 nitrogen and oxygen atoms in total. The number of pyridine rings is 1. The first-order valence-corrected chi connectivity index (χ1v) is 9.40. The van der Waals surface area contributed by atoms with E-state index in [1.165, 1.54) is 6.42 Å². The Kier molecular flexibility index (Phi) is 4.66. The third kappa shape index (κ3) is 3.45. The highest BCUT2D eigenvalue weighted by molar-refractivity contribution is 5.98. The fourth-order valence-electron chi connectivity index (χ4n) is 3.99. The van der Waals surface area contributed by atoms with E-state index in [0.29, 0.717) is 17.3 Å². The number of piperidine rings is 1. The van der Waals surface area contributed by atoms with Crippen LogP contribution < -0.4 is 5.32 Å². The first-order chi connectivity index (χ1) is 13.0. The lowest BCUT2D eigenvalue weighted by Crippen LogP contribution is -2.40. The lowest BCUT2D eigenvalue weighted by atomic mass is 9.99. The van der Waals surface area contributed by atoms with Crippen LogP contribution >= 0.6 is 0 Å². The van der Waals surface area contributed by atoms with Gasteiger partial charge in [-0.15, -0.1) is 10.2 Å². The summed E-state index contributed by atoms with van der Waals surface area (Å²) in [7, 11) is 2.14. The van der Waals surface area contributed by atoms with Crippen molar-refractivity contribution in [1.82, 2.24) is 20.1 Å². The van der Waals surface area contributed by atoms with Gasteiger partial charge in [-0.1, -0.05) is 6.07 Å². The quantitative estimate of drug-likeness (QED) is 0.742. The Morgan fingerprint density at radius 2 is 2.07 bits per heavy atom. The van der Waals surface area contributed by atoms with Crippen LogP contribution in [0.1, 0.15) is 24.0 Å². The van der Waals surface area contributed by atoms with Crippen LogP contribution in [0.25, 0.3) is 22.2 Å². The highest BCUT2D eigenvalue weighted by Crippen LogP contribution is 2.36. The van der Waals surface area contributed by atoms with Crippen molar-refractivity contribution in [2.45, 2.75) is 32.7 Å². The van der Waals surface area contributed by atoms with Crippen molar-refractivity contribution in [2.75, 3.05) is 25.5 Å². The van der Waals surface area contributed by atoms with Crippen molar-refractivity contribution in [3.05, 3.63) is 41.6 Å². The van der Waals surface area contributed by atoms with Gasteiger partial charge in [-0.2, -0.15) is 0 Å². The first kappa shape index (κ1) is 17.7. The van der Waals surface area contributed by atoms with Crippen LogP contribution in [0.2, 0.25) is 0 Å². The van der Waals surface area contributed by atoms with Gasteiger partial charge >= 0.3 is 0 Å². The van der Waals surface area contributed by atoms with E-state index in [-0.39, 0.29) is 5.75 Å². The van der Waals surface area contributed by atoms with Crippen molar-refractivity contribution in [1.29, 1.82) is 0 Å². The molecule has 2 aromatic heterocycles. The van der Waals surface area contributed by atoms with Crippen molar-refractivity contribution in [2.24, 2.45) is 0 Å². The second kappa shape index (κ2) is 7.12. The average Bonchev–Trinajstić information content (AvgIpc) is 2.62. The number of aromatic hydroxyl groups is 1. The topological polar surface area (TPSA) is 74.2 Å². The van der Waals surface area contributed by atoms with Crippen LogP contribution in [0.3, 0.4) is 0 Å². The van der Waals surface area contributed by atoms with E-state index < -0.39 is 0 Å². The Labute approximate surface area is 159 Å². The van der Waals surface area contributed by atoms with Crippen LogP contribution in [0.15, 0.2) is 30.5 Å². The number of phenolic OH excluding ortho intramolecular Hbond substituents is 1. The molecule has 1 aromatic carbocycles. The van der Waals surface area contributed by atoms with Gasteiger partial charge in [0.1, 0.15) is 17.0 Å². The molecule has 140 valence electrons. The summed E-state index contributed by atoms with van der Waals surface area (Å²) in [6.45, 7) is 6.06. The number of hydrogen-bond donors (Lipinski definition) is 2. The van der Waals surface area contributed by atoms with Crippen LogP contribution in [0, 0.1) is 13.8 Å². The highest BCUT2D eigenvalue weighted by Gasteiger charge is 2.21. The van der Waals surface area contributed by atoms with Crippen molar-refractivity contribution < 1.29 is 5.11 Å². The number of nitrogens with zero attached hydrogens (tertiary/aromatic N) is 4. The molecule has 1 aliphatic heterocycles. The summed E-state index contributed by atoms with van der Waals surface area (Å²) in [6, 6.07) is 8.06. The predicted octanol–water partition coefficient (Wildman–Crippen LogP) is 3.52. The molecule has 1 atom stereocenters. The number of aryl methyl sites for hydroxylation is 2. The lowest BCUT2D eigenvalue weighted by molar-refractivity contribution is 0.261. The van der Waals surface area contributed by atoms with E-state index in [2.05, 4.69) is 32.4 Å². The zero-order chi connectivity index (χ0) is 19.0. The van der Waals surface area contributed by atoms with E-state index in [1.807, 2.05) is 32.0 Å². The van der Waals surface area contributed by atoms with Crippen LogP contribution in [-0.2, 0) is 0 Å². The molecule has 0 saturated carbocycles. The number of phenols is 1. The molecule has 1 aliphatic rings. The minimum absolute atomic E-state index is 0.211. The molecule has 3 heterocycles. The summed E-state index contributed by atoms with van der Waals surface area (Å²) >= 11 is 0. The standard InChI is InChI=1S/C21H25N5O/c1-13-10-14(2)18(17(27)11-13)20-19-16(7-4-8-22-19)21(25-24-20)23-15-6-5-9-26(3)12-15/h4,7-8,10-11,15,27H,5-6,9,12H2,1-3H3,(H,23,25). The smallest absolute Gasteiger partial charge is 0.158 e. The zero-order valence-corrected chi connectivity index (χ0v) is 16.0. The number of nitrogens with one attached hydrogen (secondary N) is 1. The first-order valence-electron chi connectivity index (χ1n) is 9.40. The minimum Gasteiger partial charge on any atom is -0.507 e. The Balaban J connectivity index is 1.79. The number of hydrogen-bond acceptors (Lipinski definition) is 6. The van der Waals surface area contributed by atoms with Crippen LogP contribution in [0.4, 0.5) is 5.82 Å². The molecule has 1 unspecified atom stereocenters. The molecular formula is C21H25N5O. The molecule has 0 spiro atoms. The summed E-state index contributed by atoms with van der Waals surface area (Å²) in [4.78, 5) is 6.90. The molecule has 27 heavy (non-hydrogen) atoms. The predicted molar refractivity (Wildman–Crippen MR) is 108 cm³/mol. The van der Waals surface area contributed by atoms with Gasteiger partial charge in [0, 0.05) is 29.7 Å². The highest BCUT2D eigenvalue weighted by atomic mass is 16.3. The normalized spacial score (nSPS) is 18.0. The van der Waals surface area contributed by atoms with E-state index in [0.717, 1.165) is 47.4 Å². The average molecular weight is 363 g/mol. The minimum atomic E-state index is 0.211. The second-order valence-electron chi connectivity index (χ2n) is 7.52. The van der Waals surface area contributed by atoms with E-state index in [4.69, 9.17) is 0 Å². The van der Waals surface area contributed by atoms with Gasteiger partial charge in [-0.3, -0.25) is 4.98 Å². The zero-order valence-electron chi connectivity index (χ0n) is 16.0. The number of likely N-dealkylation sites (tertiary alicyclic amines) is 1. The monoisotopic (exact) mass is 363 g/mol. The Hall–Kier alpha value is -2.73. The molecule has 3 aromatic rings. The number of anilines is 1. The molecule has 0 radical (unpaired) electrons.